The number of hydrogen-bond donors (Lipinski definition) is 2. The summed E-state index contributed by atoms with van der Waals surface area (Å²) >= 11 is 0. The van der Waals surface area contributed by atoms with E-state index in [-0.39, 0.29) is 6.42 Å². The standard InChI is InChI=1S/C19H21NO4/c1-12-9-15(10-13(2)17(12)24-3)18(21)20-16(19(22)23)11-14-7-5-4-6-8-14/h4-10,16H,11H2,1-3H3,(H,20,21)(H,22,23)/t16-/m0/s1. The van der Waals surface area contributed by atoms with Crippen molar-refractivity contribution in [2.45, 2.75) is 26.3 Å². The van der Waals surface area contributed by atoms with Crippen molar-refractivity contribution in [3.05, 3.63) is 64.7 Å². The fourth-order valence-electron chi connectivity index (χ4n) is 2.69. The number of amides is 1. The molecule has 24 heavy (non-hydrogen) atoms. The predicted molar refractivity (Wildman–Crippen MR) is 91.5 cm³/mol. The van der Waals surface area contributed by atoms with Crippen LogP contribution < -0.4 is 10.1 Å². The van der Waals surface area contributed by atoms with Crippen molar-refractivity contribution >= 4 is 11.9 Å². The zero-order valence-corrected chi connectivity index (χ0v) is 14.0. The Balaban J connectivity index is 2.18. The number of hydrogen-bond acceptors (Lipinski definition) is 3. The maximum absolute atomic E-state index is 12.4. The molecule has 2 rings (SSSR count). The van der Waals surface area contributed by atoms with Crippen LogP contribution in [0.25, 0.3) is 0 Å². The number of aryl methyl sites for hydroxylation is 2. The van der Waals surface area contributed by atoms with Crippen molar-refractivity contribution in [1.82, 2.24) is 5.32 Å². The SMILES string of the molecule is COc1c(C)cc(C(=O)N[C@@H](Cc2ccccc2)C(=O)O)cc1C. The fourth-order valence-corrected chi connectivity index (χ4v) is 2.69. The molecule has 0 aliphatic heterocycles. The topological polar surface area (TPSA) is 75.6 Å². The number of carboxylic acid groups (broad SMARTS) is 1. The van der Waals surface area contributed by atoms with Gasteiger partial charge in [-0.1, -0.05) is 30.3 Å². The van der Waals surface area contributed by atoms with Gasteiger partial charge < -0.3 is 15.2 Å². The van der Waals surface area contributed by atoms with Crippen molar-refractivity contribution in [2.24, 2.45) is 0 Å². The fraction of sp³-hybridized carbons (Fsp3) is 0.263. The number of rotatable bonds is 6. The first kappa shape index (κ1) is 17.5. The van der Waals surface area contributed by atoms with Gasteiger partial charge in [0.15, 0.2) is 0 Å². The number of benzene rings is 2. The van der Waals surface area contributed by atoms with E-state index in [2.05, 4.69) is 5.32 Å². The molecule has 0 fully saturated rings. The van der Waals surface area contributed by atoms with E-state index in [1.165, 1.54) is 0 Å². The highest BCUT2D eigenvalue weighted by atomic mass is 16.5. The Bertz CT molecular complexity index is 717. The van der Waals surface area contributed by atoms with Crippen LogP contribution in [0.15, 0.2) is 42.5 Å². The molecule has 0 bridgehead atoms. The molecule has 5 heteroatoms. The van der Waals surface area contributed by atoms with Gasteiger partial charge in [-0.05, 0) is 42.7 Å². The van der Waals surface area contributed by atoms with Crippen molar-refractivity contribution in [1.29, 1.82) is 0 Å². The summed E-state index contributed by atoms with van der Waals surface area (Å²) in [6.07, 6.45) is 0.232. The van der Waals surface area contributed by atoms with Crippen LogP contribution in [-0.4, -0.2) is 30.1 Å². The second-order valence-electron chi connectivity index (χ2n) is 5.70. The number of nitrogens with one attached hydrogen (secondary N) is 1. The second-order valence-corrected chi connectivity index (χ2v) is 5.70. The van der Waals surface area contributed by atoms with Gasteiger partial charge in [-0.15, -0.1) is 0 Å². The summed E-state index contributed by atoms with van der Waals surface area (Å²) in [5.41, 5.74) is 2.94. The van der Waals surface area contributed by atoms with E-state index in [0.29, 0.717) is 5.56 Å². The Kier molecular flexibility index (Phi) is 5.58. The highest BCUT2D eigenvalue weighted by molar-refractivity contribution is 5.97. The Hall–Kier alpha value is -2.82. The molecule has 0 aliphatic carbocycles. The average Bonchev–Trinajstić information content (AvgIpc) is 2.54. The van der Waals surface area contributed by atoms with E-state index in [1.807, 2.05) is 44.2 Å². The summed E-state index contributed by atoms with van der Waals surface area (Å²) in [4.78, 5) is 23.9. The first-order valence-corrected chi connectivity index (χ1v) is 7.65. The highest BCUT2D eigenvalue weighted by Gasteiger charge is 2.22. The van der Waals surface area contributed by atoms with Gasteiger partial charge in [0, 0.05) is 12.0 Å². The molecule has 2 aromatic rings. The van der Waals surface area contributed by atoms with Crippen LogP contribution in [0, 0.1) is 13.8 Å². The number of carbonyl (C=O) groups excluding carboxylic acids is 1. The smallest absolute Gasteiger partial charge is 0.326 e. The quantitative estimate of drug-likeness (QED) is 0.855. The van der Waals surface area contributed by atoms with Crippen molar-refractivity contribution < 1.29 is 19.4 Å². The van der Waals surface area contributed by atoms with E-state index in [0.717, 1.165) is 22.4 Å². The normalized spacial score (nSPS) is 11.6. The summed E-state index contributed by atoms with van der Waals surface area (Å²) in [7, 11) is 1.58. The number of methoxy groups -OCH3 is 1. The Labute approximate surface area is 141 Å². The van der Waals surface area contributed by atoms with Crippen LogP contribution in [-0.2, 0) is 11.2 Å². The highest BCUT2D eigenvalue weighted by Crippen LogP contribution is 2.24. The minimum atomic E-state index is -1.06. The van der Waals surface area contributed by atoms with Crippen molar-refractivity contribution in [2.75, 3.05) is 7.11 Å². The molecule has 126 valence electrons. The maximum Gasteiger partial charge on any atom is 0.326 e. The molecule has 5 nitrogen and oxygen atoms in total. The average molecular weight is 327 g/mol. The van der Waals surface area contributed by atoms with Gasteiger partial charge in [0.25, 0.3) is 5.91 Å². The van der Waals surface area contributed by atoms with Crippen LogP contribution in [0.1, 0.15) is 27.0 Å². The number of carbonyl (C=O) groups is 2. The van der Waals surface area contributed by atoms with Gasteiger partial charge in [0.1, 0.15) is 11.8 Å². The van der Waals surface area contributed by atoms with Gasteiger partial charge >= 0.3 is 5.97 Å². The molecule has 1 amide bonds. The zero-order valence-electron chi connectivity index (χ0n) is 14.0. The van der Waals surface area contributed by atoms with Crippen LogP contribution in [0.3, 0.4) is 0 Å². The van der Waals surface area contributed by atoms with Gasteiger partial charge in [0.05, 0.1) is 7.11 Å². The lowest BCUT2D eigenvalue weighted by Gasteiger charge is -2.16. The second kappa shape index (κ2) is 7.64. The van der Waals surface area contributed by atoms with Crippen LogP contribution in [0.2, 0.25) is 0 Å². The van der Waals surface area contributed by atoms with Gasteiger partial charge in [-0.3, -0.25) is 4.79 Å². The molecule has 0 heterocycles. The molecule has 0 saturated heterocycles. The van der Waals surface area contributed by atoms with Crippen molar-refractivity contribution in [3.63, 3.8) is 0 Å². The summed E-state index contributed by atoms with van der Waals surface area (Å²) in [5, 5.41) is 12.0. The Morgan fingerprint density at radius 2 is 1.71 bits per heavy atom. The summed E-state index contributed by atoms with van der Waals surface area (Å²) < 4.78 is 5.28. The van der Waals surface area contributed by atoms with Gasteiger partial charge in [-0.2, -0.15) is 0 Å². The molecule has 0 radical (unpaired) electrons. The van der Waals surface area contributed by atoms with Crippen molar-refractivity contribution in [3.8, 4) is 5.75 Å². The van der Waals surface area contributed by atoms with Crippen LogP contribution in [0.5, 0.6) is 5.75 Å². The minimum Gasteiger partial charge on any atom is -0.496 e. The molecule has 2 N–H and O–H groups in total. The molecule has 0 aliphatic rings. The minimum absolute atomic E-state index is 0.232. The van der Waals surface area contributed by atoms with E-state index < -0.39 is 17.9 Å². The lowest BCUT2D eigenvalue weighted by atomic mass is 10.0. The lowest BCUT2D eigenvalue weighted by Crippen LogP contribution is -2.42. The number of carboxylic acids is 1. The third-order valence-corrected chi connectivity index (χ3v) is 3.81. The van der Waals surface area contributed by atoms with E-state index in [9.17, 15) is 14.7 Å². The first-order valence-electron chi connectivity index (χ1n) is 7.65. The summed E-state index contributed by atoms with van der Waals surface area (Å²) in [5.74, 6) is -0.744. The van der Waals surface area contributed by atoms with E-state index in [4.69, 9.17) is 4.74 Å². The monoisotopic (exact) mass is 327 g/mol. The van der Waals surface area contributed by atoms with Gasteiger partial charge in [-0.25, -0.2) is 4.79 Å². The van der Waals surface area contributed by atoms with E-state index in [1.54, 1.807) is 19.2 Å². The molecular weight excluding hydrogens is 306 g/mol. The Morgan fingerprint density at radius 1 is 1.12 bits per heavy atom. The largest absolute Gasteiger partial charge is 0.496 e. The molecule has 0 spiro atoms. The molecule has 1 atom stereocenters. The zero-order chi connectivity index (χ0) is 17.7. The molecule has 0 saturated carbocycles. The van der Waals surface area contributed by atoms with Crippen LogP contribution in [0.4, 0.5) is 0 Å². The maximum atomic E-state index is 12.4. The van der Waals surface area contributed by atoms with E-state index >= 15 is 0 Å². The number of aliphatic carboxylic acids is 1. The predicted octanol–water partition coefficient (Wildman–Crippen LogP) is 2.74. The lowest BCUT2D eigenvalue weighted by molar-refractivity contribution is -0.139. The third-order valence-electron chi connectivity index (χ3n) is 3.81. The van der Waals surface area contributed by atoms with Gasteiger partial charge in [0.2, 0.25) is 0 Å². The molecular formula is C19H21NO4. The van der Waals surface area contributed by atoms with Crippen LogP contribution >= 0.6 is 0 Å². The summed E-state index contributed by atoms with van der Waals surface area (Å²) in [6.45, 7) is 3.70. The summed E-state index contributed by atoms with van der Waals surface area (Å²) in [6, 6.07) is 11.6. The molecule has 2 aromatic carbocycles. The molecule has 0 unspecified atom stereocenters. The third kappa shape index (κ3) is 4.13. The number of ether oxygens (including phenoxy) is 1. The first-order chi connectivity index (χ1) is 11.4. The Morgan fingerprint density at radius 3 is 2.21 bits per heavy atom. The molecule has 0 aromatic heterocycles.